The molecule has 25 nitrogen and oxygen atoms in total. The van der Waals surface area contributed by atoms with Crippen LogP contribution in [0.15, 0.2) is 47.4 Å². The van der Waals surface area contributed by atoms with Gasteiger partial charge in [-0.2, -0.15) is 0 Å². The molecular formula is C30H40N6O19P2. The molecule has 11 atom stereocenters. The van der Waals surface area contributed by atoms with E-state index in [1.54, 1.807) is 0 Å². The summed E-state index contributed by atoms with van der Waals surface area (Å²) < 4.78 is 67.6. The maximum atomic E-state index is 13.2. The van der Waals surface area contributed by atoms with Crippen molar-refractivity contribution in [3.8, 4) is 0 Å². The Bertz CT molecular complexity index is 2440. The van der Waals surface area contributed by atoms with Crippen molar-refractivity contribution in [1.82, 2.24) is 28.7 Å². The summed E-state index contributed by atoms with van der Waals surface area (Å²) in [5.41, 5.74) is -4.06. The zero-order valence-electron chi connectivity index (χ0n) is 30.3. The molecule has 3 aliphatic heterocycles. The molecule has 0 amide bonds. The number of aliphatic hydroxyl groups excluding tert-OH is 2. The van der Waals surface area contributed by atoms with E-state index >= 15 is 0 Å². The van der Waals surface area contributed by atoms with Crippen LogP contribution >= 0.6 is 15.6 Å². The van der Waals surface area contributed by atoms with E-state index in [9.17, 15) is 57.9 Å². The maximum Gasteiger partial charge on any atom is 0.472 e. The number of nitrogens with one attached hydrogen (secondary N) is 3. The summed E-state index contributed by atoms with van der Waals surface area (Å²) in [5.74, 6) is 0. The van der Waals surface area contributed by atoms with Crippen molar-refractivity contribution in [3.63, 3.8) is 0 Å². The maximum absolute atomic E-state index is 13.2. The number of H-pyrrole nitrogens is 3. The zero-order valence-corrected chi connectivity index (χ0v) is 32.1. The fourth-order valence-electron chi connectivity index (χ4n) is 6.45. The Hall–Kier alpha value is -3.94. The molecule has 2 unspecified atom stereocenters. The molecule has 3 aliphatic rings. The fourth-order valence-corrected chi connectivity index (χ4v) is 8.37. The molecule has 6 rings (SSSR count). The number of hydrogen-bond donors (Lipinski definition) is 7. The van der Waals surface area contributed by atoms with E-state index in [2.05, 4.69) is 15.0 Å². The van der Waals surface area contributed by atoms with Gasteiger partial charge in [-0.15, -0.1) is 0 Å². The first-order valence-corrected chi connectivity index (χ1v) is 20.3. The molecule has 3 aromatic heterocycles. The monoisotopic (exact) mass is 850 g/mol. The standard InChI is InChI=1S/C30H40N6O19P2/c1-13-7-34(28(42)31-25(13)39)22-4-16(38)20(52-22)11-49-56(45,46)55-18-6-24(36-9-15(3)27(41)33-30(36)44)53-21(18)12-50-57(47,48)54-17-5-23(51-19(17)10-37)35-8-14(2)26(40)32-29(35)43/h7-9,16-24,37-38H,4-6,10-12H2,1-3H3,(H,45,46)(H,47,48)(H,31,39,42)(H,32,40,43)(H,33,41,44)/t16-,17-,18-,19+,20+,21+,22+,23+,24+/m0/s1. The van der Waals surface area contributed by atoms with Gasteiger partial charge < -0.3 is 34.2 Å². The van der Waals surface area contributed by atoms with Gasteiger partial charge in [-0.05, 0) is 20.8 Å². The number of hydrogen-bond acceptors (Lipinski definition) is 17. The summed E-state index contributed by atoms with van der Waals surface area (Å²) in [4.78, 5) is 101. The van der Waals surface area contributed by atoms with Gasteiger partial charge in [0.25, 0.3) is 16.7 Å². The summed E-state index contributed by atoms with van der Waals surface area (Å²) in [6.45, 7) is 1.97. The third kappa shape index (κ3) is 9.69. The second kappa shape index (κ2) is 16.7. The molecule has 57 heavy (non-hydrogen) atoms. The normalized spacial score (nSPS) is 29.7. The smallest absolute Gasteiger partial charge is 0.394 e. The number of ether oxygens (including phenoxy) is 3. The number of phosphoric acid groups is 2. The Kier molecular flexibility index (Phi) is 12.5. The summed E-state index contributed by atoms with van der Waals surface area (Å²) in [5, 5.41) is 20.4. The first kappa shape index (κ1) is 42.7. The van der Waals surface area contributed by atoms with Gasteiger partial charge in [-0.25, -0.2) is 23.5 Å². The van der Waals surface area contributed by atoms with E-state index in [-0.39, 0.29) is 36.0 Å². The van der Waals surface area contributed by atoms with Gasteiger partial charge in [0.1, 0.15) is 49.2 Å². The molecule has 27 heteroatoms. The van der Waals surface area contributed by atoms with Crippen molar-refractivity contribution < 1.29 is 61.4 Å². The van der Waals surface area contributed by atoms with E-state index in [4.69, 9.17) is 32.3 Å². The topological polar surface area (TPSA) is 344 Å². The number of aromatic nitrogens is 6. The van der Waals surface area contributed by atoms with Crippen LogP contribution in [0.4, 0.5) is 0 Å². The minimum atomic E-state index is -5.11. The van der Waals surface area contributed by atoms with E-state index < -0.39 is 125 Å². The molecule has 3 saturated heterocycles. The zero-order chi connectivity index (χ0) is 41.6. The summed E-state index contributed by atoms with van der Waals surface area (Å²) in [7, 11) is -10.2. The van der Waals surface area contributed by atoms with Crippen molar-refractivity contribution in [3.05, 3.63) is 97.8 Å². The van der Waals surface area contributed by atoms with Crippen LogP contribution < -0.4 is 33.7 Å². The van der Waals surface area contributed by atoms with Crippen molar-refractivity contribution in [2.75, 3.05) is 19.8 Å². The average Bonchev–Trinajstić information content (AvgIpc) is 3.83. The Morgan fingerprint density at radius 3 is 1.40 bits per heavy atom. The molecule has 0 bridgehead atoms. The van der Waals surface area contributed by atoms with E-state index in [1.807, 2.05) is 0 Å². The lowest BCUT2D eigenvalue weighted by atomic mass is 10.2. The van der Waals surface area contributed by atoms with Crippen LogP contribution in [-0.4, -0.2) is 105 Å². The highest BCUT2D eigenvalue weighted by atomic mass is 31.2. The second-order valence-corrected chi connectivity index (χ2v) is 16.4. The molecule has 3 fully saturated rings. The largest absolute Gasteiger partial charge is 0.472 e. The predicted octanol–water partition coefficient (Wildman–Crippen LogP) is -2.22. The molecular weight excluding hydrogens is 810 g/mol. The molecule has 314 valence electrons. The van der Waals surface area contributed by atoms with E-state index in [0.717, 1.165) is 19.9 Å². The SMILES string of the molecule is Cc1cn([C@H]2C[C@H](OP(=O)(O)OC[C@H]3O[C@@H](n4cc(C)c(=O)[nH]c4=O)C[C@@H]3OP(=O)(O)OC[C@H]3O[C@@H](n4cc(C)c(=O)[nH]c4=O)C[C@@H]3O)[C@@H](CO)O2)c(=O)[nH]c1=O. The number of aryl methyl sites for hydroxylation is 3. The Morgan fingerprint density at radius 2 is 0.982 bits per heavy atom. The minimum Gasteiger partial charge on any atom is -0.394 e. The van der Waals surface area contributed by atoms with Gasteiger partial charge in [-0.3, -0.25) is 61.1 Å². The van der Waals surface area contributed by atoms with E-state index in [0.29, 0.717) is 0 Å². The quantitative estimate of drug-likeness (QED) is 0.0845. The van der Waals surface area contributed by atoms with Crippen molar-refractivity contribution in [1.29, 1.82) is 0 Å². The lowest BCUT2D eigenvalue weighted by molar-refractivity contribution is -0.0620. The summed E-state index contributed by atoms with van der Waals surface area (Å²) in [6, 6.07) is 0. The van der Waals surface area contributed by atoms with Gasteiger partial charge >= 0.3 is 32.7 Å². The number of aromatic amines is 3. The van der Waals surface area contributed by atoms with Crippen LogP contribution in [-0.2, 0) is 41.4 Å². The second-order valence-electron chi connectivity index (χ2n) is 13.6. The average molecular weight is 851 g/mol. The third-order valence-corrected chi connectivity index (χ3v) is 11.5. The molecule has 0 radical (unpaired) electrons. The highest BCUT2D eigenvalue weighted by molar-refractivity contribution is 7.47. The van der Waals surface area contributed by atoms with Crippen LogP contribution in [0.3, 0.4) is 0 Å². The first-order chi connectivity index (χ1) is 26.7. The van der Waals surface area contributed by atoms with Gasteiger partial charge in [0, 0.05) is 54.5 Å². The van der Waals surface area contributed by atoms with Crippen molar-refractivity contribution in [2.24, 2.45) is 0 Å². The van der Waals surface area contributed by atoms with Crippen LogP contribution in [0.5, 0.6) is 0 Å². The third-order valence-electron chi connectivity index (χ3n) is 9.45. The van der Waals surface area contributed by atoms with E-state index in [1.165, 1.54) is 33.2 Å². The van der Waals surface area contributed by atoms with Gasteiger partial charge in [0.15, 0.2) is 0 Å². The lowest BCUT2D eigenvalue weighted by Gasteiger charge is -2.24. The first-order valence-electron chi connectivity index (χ1n) is 17.3. The fraction of sp³-hybridized carbons (Fsp3) is 0.600. The highest BCUT2D eigenvalue weighted by Gasteiger charge is 2.46. The van der Waals surface area contributed by atoms with Crippen molar-refractivity contribution >= 4 is 15.6 Å². The lowest BCUT2D eigenvalue weighted by Crippen LogP contribution is -2.33. The number of nitrogens with zero attached hydrogens (tertiary/aromatic N) is 3. The Labute approximate surface area is 318 Å². The predicted molar refractivity (Wildman–Crippen MR) is 188 cm³/mol. The summed E-state index contributed by atoms with van der Waals surface area (Å²) in [6.07, 6.45) is -8.74. The number of aliphatic hydroxyl groups is 2. The van der Waals surface area contributed by atoms with Gasteiger partial charge in [0.2, 0.25) is 0 Å². The van der Waals surface area contributed by atoms with Crippen LogP contribution in [0.25, 0.3) is 0 Å². The van der Waals surface area contributed by atoms with Gasteiger partial charge in [0.05, 0.1) is 25.9 Å². The van der Waals surface area contributed by atoms with Crippen LogP contribution in [0, 0.1) is 20.8 Å². The molecule has 0 spiro atoms. The molecule has 6 heterocycles. The molecule has 0 aliphatic carbocycles. The Morgan fingerprint density at radius 1 is 0.632 bits per heavy atom. The Balaban J connectivity index is 1.14. The molecule has 0 aromatic carbocycles. The molecule has 7 N–H and O–H groups in total. The highest BCUT2D eigenvalue weighted by Crippen LogP contribution is 2.51. The summed E-state index contributed by atoms with van der Waals surface area (Å²) >= 11 is 0. The molecule has 3 aromatic rings. The van der Waals surface area contributed by atoms with Crippen LogP contribution in [0.2, 0.25) is 0 Å². The number of rotatable bonds is 14. The van der Waals surface area contributed by atoms with Crippen molar-refractivity contribution in [2.45, 2.75) is 95.3 Å². The minimum absolute atomic E-state index is 0.0994. The number of phosphoric ester groups is 2. The molecule has 0 saturated carbocycles. The van der Waals surface area contributed by atoms with Crippen LogP contribution in [0.1, 0.15) is 54.6 Å². The van der Waals surface area contributed by atoms with Gasteiger partial charge in [-0.1, -0.05) is 0 Å².